The van der Waals surface area contributed by atoms with E-state index in [-0.39, 0.29) is 26.3 Å². The van der Waals surface area contributed by atoms with Crippen molar-refractivity contribution in [1.82, 2.24) is 15.0 Å². The number of aromatic nitrogens is 3. The molecule has 0 amide bonds. The van der Waals surface area contributed by atoms with E-state index < -0.39 is 6.10 Å². The van der Waals surface area contributed by atoms with Gasteiger partial charge in [0.1, 0.15) is 23.7 Å². The molecule has 0 saturated heterocycles. The number of nitrogens with two attached hydrogens (primary N) is 1. The number of para-hydroxylation sites is 1. The van der Waals surface area contributed by atoms with Crippen LogP contribution in [0.25, 0.3) is 0 Å². The van der Waals surface area contributed by atoms with Crippen LogP contribution in [0.4, 0.5) is 0 Å². The zero-order valence-electron chi connectivity index (χ0n) is 11.0. The molecule has 0 aliphatic carbocycles. The van der Waals surface area contributed by atoms with Crippen LogP contribution in [-0.2, 0) is 19.7 Å². The quantitative estimate of drug-likeness (QED) is 0.640. The van der Waals surface area contributed by atoms with E-state index in [2.05, 4.69) is 10.3 Å². The van der Waals surface area contributed by atoms with Gasteiger partial charge in [0.15, 0.2) is 0 Å². The Morgan fingerprint density at radius 1 is 1.30 bits per heavy atom. The number of aliphatic hydroxyl groups is 2. The summed E-state index contributed by atoms with van der Waals surface area (Å²) in [6.45, 7) is 0.304. The van der Waals surface area contributed by atoms with E-state index in [4.69, 9.17) is 15.6 Å². The summed E-state index contributed by atoms with van der Waals surface area (Å²) >= 11 is 0. The highest BCUT2D eigenvalue weighted by Crippen LogP contribution is 2.13. The molecule has 7 heteroatoms. The molecule has 7 nitrogen and oxygen atoms in total. The van der Waals surface area contributed by atoms with Crippen LogP contribution in [0.15, 0.2) is 30.3 Å². The van der Waals surface area contributed by atoms with Gasteiger partial charge in [-0.05, 0) is 12.1 Å². The molecule has 0 saturated carbocycles. The van der Waals surface area contributed by atoms with Gasteiger partial charge in [0.25, 0.3) is 0 Å². The number of aliphatic hydroxyl groups excluding tert-OH is 2. The summed E-state index contributed by atoms with van der Waals surface area (Å²) in [6, 6.07) is 9.35. The van der Waals surface area contributed by atoms with Gasteiger partial charge in [-0.1, -0.05) is 23.4 Å². The molecule has 1 atom stereocenters. The minimum atomic E-state index is -0.891. The fourth-order valence-corrected chi connectivity index (χ4v) is 1.76. The fourth-order valence-electron chi connectivity index (χ4n) is 1.76. The Morgan fingerprint density at radius 2 is 2.05 bits per heavy atom. The maximum atomic E-state index is 9.49. The van der Waals surface area contributed by atoms with E-state index in [1.165, 1.54) is 4.68 Å². The normalized spacial score (nSPS) is 12.3. The number of hydrogen-bond acceptors (Lipinski definition) is 6. The van der Waals surface area contributed by atoms with Crippen molar-refractivity contribution in [2.75, 3.05) is 6.61 Å². The van der Waals surface area contributed by atoms with Crippen LogP contribution in [0.1, 0.15) is 11.4 Å². The summed E-state index contributed by atoms with van der Waals surface area (Å²) in [5.74, 6) is 0.728. The molecule has 0 bridgehead atoms. The first-order chi connectivity index (χ1) is 9.74. The molecular formula is C13H18N4O3. The zero-order valence-corrected chi connectivity index (χ0v) is 11.0. The third-order valence-electron chi connectivity index (χ3n) is 2.82. The van der Waals surface area contributed by atoms with Crippen LogP contribution in [0.2, 0.25) is 0 Å². The van der Waals surface area contributed by atoms with E-state index in [0.717, 1.165) is 5.75 Å². The van der Waals surface area contributed by atoms with Crippen LogP contribution >= 0.6 is 0 Å². The van der Waals surface area contributed by atoms with E-state index in [1.807, 2.05) is 30.3 Å². The van der Waals surface area contributed by atoms with Gasteiger partial charge in [0.05, 0.1) is 19.3 Å². The van der Waals surface area contributed by atoms with Gasteiger partial charge < -0.3 is 20.7 Å². The van der Waals surface area contributed by atoms with Crippen LogP contribution in [0.3, 0.4) is 0 Å². The largest absolute Gasteiger partial charge is 0.487 e. The maximum absolute atomic E-state index is 9.49. The lowest BCUT2D eigenvalue weighted by atomic mass is 10.3. The Labute approximate surface area is 116 Å². The Bertz CT molecular complexity index is 530. The first-order valence-electron chi connectivity index (χ1n) is 6.32. The van der Waals surface area contributed by atoms with Crippen molar-refractivity contribution in [2.45, 2.75) is 25.8 Å². The summed E-state index contributed by atoms with van der Waals surface area (Å²) in [5, 5.41) is 26.3. The standard InChI is InChI=1S/C13H18N4O3/c14-6-12-13(9-20-11-4-2-1-3-5-11)17(16-15-12)7-10(19)8-18/h1-5,10,18-19H,6-9,14H2. The molecule has 1 unspecified atom stereocenters. The Balaban J connectivity index is 2.10. The molecular weight excluding hydrogens is 260 g/mol. The van der Waals surface area contributed by atoms with Gasteiger partial charge in [-0.2, -0.15) is 0 Å². The summed E-state index contributed by atoms with van der Waals surface area (Å²) in [4.78, 5) is 0. The number of rotatable bonds is 7. The molecule has 0 radical (unpaired) electrons. The van der Waals surface area contributed by atoms with Crippen LogP contribution in [0.5, 0.6) is 5.75 Å². The highest BCUT2D eigenvalue weighted by molar-refractivity contribution is 5.21. The maximum Gasteiger partial charge on any atom is 0.132 e. The van der Waals surface area contributed by atoms with Crippen LogP contribution < -0.4 is 10.5 Å². The molecule has 2 aromatic rings. The summed E-state index contributed by atoms with van der Waals surface area (Å²) in [7, 11) is 0. The summed E-state index contributed by atoms with van der Waals surface area (Å²) in [5.41, 5.74) is 6.93. The van der Waals surface area contributed by atoms with Gasteiger partial charge in [-0.25, -0.2) is 4.68 Å². The lowest BCUT2D eigenvalue weighted by Gasteiger charge is -2.11. The molecule has 0 spiro atoms. The van der Waals surface area contributed by atoms with Crippen molar-refractivity contribution >= 4 is 0 Å². The third kappa shape index (κ3) is 3.53. The lowest BCUT2D eigenvalue weighted by Crippen LogP contribution is -2.23. The Morgan fingerprint density at radius 3 is 2.70 bits per heavy atom. The van der Waals surface area contributed by atoms with Crippen molar-refractivity contribution in [3.05, 3.63) is 41.7 Å². The van der Waals surface area contributed by atoms with Crippen LogP contribution in [-0.4, -0.2) is 37.9 Å². The third-order valence-corrected chi connectivity index (χ3v) is 2.82. The monoisotopic (exact) mass is 278 g/mol. The second-order valence-corrected chi connectivity index (χ2v) is 4.31. The highest BCUT2D eigenvalue weighted by Gasteiger charge is 2.15. The smallest absolute Gasteiger partial charge is 0.132 e. The molecule has 4 N–H and O–H groups in total. The van der Waals surface area contributed by atoms with Gasteiger partial charge in [0.2, 0.25) is 0 Å². The van der Waals surface area contributed by atoms with Crippen molar-refractivity contribution in [2.24, 2.45) is 5.73 Å². The second-order valence-electron chi connectivity index (χ2n) is 4.31. The van der Waals surface area contributed by atoms with Gasteiger partial charge in [-0.3, -0.25) is 0 Å². The number of benzene rings is 1. The molecule has 0 aliphatic rings. The molecule has 1 aromatic heterocycles. The van der Waals surface area contributed by atoms with Gasteiger partial charge in [0, 0.05) is 6.54 Å². The SMILES string of the molecule is NCc1nnn(CC(O)CO)c1COc1ccccc1. The average Bonchev–Trinajstić information content (AvgIpc) is 2.88. The molecule has 20 heavy (non-hydrogen) atoms. The van der Waals surface area contributed by atoms with Gasteiger partial charge in [-0.15, -0.1) is 5.10 Å². The summed E-state index contributed by atoms with van der Waals surface area (Å²) in [6.07, 6.45) is -0.891. The van der Waals surface area contributed by atoms with Crippen LogP contribution in [0, 0.1) is 0 Å². The van der Waals surface area contributed by atoms with E-state index in [1.54, 1.807) is 0 Å². The first-order valence-corrected chi connectivity index (χ1v) is 6.32. The first kappa shape index (κ1) is 14.4. The second kappa shape index (κ2) is 6.99. The van der Waals surface area contributed by atoms with E-state index in [9.17, 15) is 5.11 Å². The molecule has 2 rings (SSSR count). The Hall–Kier alpha value is -1.96. The summed E-state index contributed by atoms with van der Waals surface area (Å²) < 4.78 is 7.15. The minimum Gasteiger partial charge on any atom is -0.487 e. The van der Waals surface area contributed by atoms with Gasteiger partial charge >= 0.3 is 0 Å². The van der Waals surface area contributed by atoms with E-state index >= 15 is 0 Å². The highest BCUT2D eigenvalue weighted by atomic mass is 16.5. The van der Waals surface area contributed by atoms with Crippen molar-refractivity contribution < 1.29 is 14.9 Å². The fraction of sp³-hybridized carbons (Fsp3) is 0.385. The zero-order chi connectivity index (χ0) is 14.4. The topological polar surface area (TPSA) is 106 Å². The Kier molecular flexibility index (Phi) is 5.05. The predicted octanol–water partition coefficient (Wildman–Crippen LogP) is -0.331. The molecule has 1 heterocycles. The van der Waals surface area contributed by atoms with E-state index in [0.29, 0.717) is 11.4 Å². The number of ether oxygens (including phenoxy) is 1. The van der Waals surface area contributed by atoms with Crippen molar-refractivity contribution in [1.29, 1.82) is 0 Å². The molecule has 0 aliphatic heterocycles. The predicted molar refractivity (Wildman–Crippen MR) is 71.8 cm³/mol. The molecule has 1 aromatic carbocycles. The molecule has 0 fully saturated rings. The number of hydrogen-bond donors (Lipinski definition) is 3. The van der Waals surface area contributed by atoms with Crippen molar-refractivity contribution in [3.8, 4) is 5.75 Å². The number of nitrogens with zero attached hydrogens (tertiary/aromatic N) is 3. The lowest BCUT2D eigenvalue weighted by molar-refractivity contribution is 0.0761. The average molecular weight is 278 g/mol. The molecule has 108 valence electrons. The minimum absolute atomic E-state index is 0.150. The van der Waals surface area contributed by atoms with Crippen molar-refractivity contribution in [3.63, 3.8) is 0 Å².